The van der Waals surface area contributed by atoms with Crippen LogP contribution in [-0.2, 0) is 6.61 Å². The molecule has 0 aliphatic rings. The minimum atomic E-state index is -2.41. The summed E-state index contributed by atoms with van der Waals surface area (Å²) < 4.78 is 24.3. The maximum absolute atomic E-state index is 12.2. The van der Waals surface area contributed by atoms with Crippen molar-refractivity contribution in [3.8, 4) is 0 Å². The standard InChI is InChI=1S/C10H12ClF2NO/c1-14(5-10(12)13)9-3-2-8(11)4-7(9)6-15/h2-4,10,15H,5-6H2,1H3. The van der Waals surface area contributed by atoms with Crippen molar-refractivity contribution < 1.29 is 13.9 Å². The van der Waals surface area contributed by atoms with Gasteiger partial charge in [0.1, 0.15) is 0 Å². The van der Waals surface area contributed by atoms with Crippen molar-refractivity contribution in [2.75, 3.05) is 18.5 Å². The molecule has 1 N–H and O–H groups in total. The van der Waals surface area contributed by atoms with Gasteiger partial charge in [-0.3, -0.25) is 0 Å². The molecule has 0 fully saturated rings. The van der Waals surface area contributed by atoms with Crippen LogP contribution in [0.15, 0.2) is 18.2 Å². The molecule has 0 aliphatic heterocycles. The van der Waals surface area contributed by atoms with Crippen molar-refractivity contribution in [2.24, 2.45) is 0 Å². The fourth-order valence-corrected chi connectivity index (χ4v) is 1.55. The van der Waals surface area contributed by atoms with Gasteiger partial charge in [0.05, 0.1) is 13.2 Å². The molecule has 0 atom stereocenters. The summed E-state index contributed by atoms with van der Waals surface area (Å²) in [5, 5.41) is 9.53. The van der Waals surface area contributed by atoms with Crippen LogP contribution in [0.5, 0.6) is 0 Å². The molecule has 15 heavy (non-hydrogen) atoms. The second-order valence-corrected chi connectivity index (χ2v) is 3.64. The monoisotopic (exact) mass is 235 g/mol. The van der Waals surface area contributed by atoms with Crippen LogP contribution in [0.2, 0.25) is 5.02 Å². The number of alkyl halides is 2. The molecule has 0 aromatic heterocycles. The predicted molar refractivity (Wildman–Crippen MR) is 56.6 cm³/mol. The SMILES string of the molecule is CN(CC(F)F)c1ccc(Cl)cc1CO. The van der Waals surface area contributed by atoms with E-state index in [0.29, 0.717) is 16.3 Å². The molecule has 0 heterocycles. The third-order valence-electron chi connectivity index (χ3n) is 2.04. The maximum Gasteiger partial charge on any atom is 0.255 e. The number of anilines is 1. The van der Waals surface area contributed by atoms with Crippen LogP contribution in [0.4, 0.5) is 14.5 Å². The van der Waals surface area contributed by atoms with Crippen molar-refractivity contribution in [1.29, 1.82) is 0 Å². The van der Waals surface area contributed by atoms with E-state index < -0.39 is 6.43 Å². The Labute approximate surface area is 92.1 Å². The first kappa shape index (κ1) is 12.2. The van der Waals surface area contributed by atoms with E-state index in [1.54, 1.807) is 25.2 Å². The van der Waals surface area contributed by atoms with Crippen molar-refractivity contribution in [1.82, 2.24) is 0 Å². The summed E-state index contributed by atoms with van der Waals surface area (Å²) in [6.45, 7) is -0.585. The third-order valence-corrected chi connectivity index (χ3v) is 2.27. The molecule has 1 rings (SSSR count). The quantitative estimate of drug-likeness (QED) is 0.867. The van der Waals surface area contributed by atoms with Gasteiger partial charge in [-0.25, -0.2) is 8.78 Å². The van der Waals surface area contributed by atoms with Gasteiger partial charge >= 0.3 is 0 Å². The van der Waals surface area contributed by atoms with E-state index in [1.165, 1.54) is 4.90 Å². The first-order valence-electron chi connectivity index (χ1n) is 4.43. The Balaban J connectivity index is 2.92. The molecule has 0 saturated carbocycles. The third kappa shape index (κ3) is 3.32. The normalized spacial score (nSPS) is 10.8. The number of aliphatic hydroxyl groups excluding tert-OH is 1. The highest BCUT2D eigenvalue weighted by Gasteiger charge is 2.11. The molecule has 1 aromatic rings. The smallest absolute Gasteiger partial charge is 0.255 e. The molecule has 1 aromatic carbocycles. The zero-order chi connectivity index (χ0) is 11.4. The summed E-state index contributed by atoms with van der Waals surface area (Å²) in [5.74, 6) is 0. The Morgan fingerprint density at radius 2 is 2.13 bits per heavy atom. The summed E-state index contributed by atoms with van der Waals surface area (Å²) >= 11 is 5.73. The van der Waals surface area contributed by atoms with Crippen molar-refractivity contribution in [3.05, 3.63) is 28.8 Å². The molecule has 0 radical (unpaired) electrons. The molecule has 5 heteroatoms. The van der Waals surface area contributed by atoms with E-state index in [2.05, 4.69) is 0 Å². The molecule has 0 bridgehead atoms. The molecule has 0 spiro atoms. The van der Waals surface area contributed by atoms with E-state index in [9.17, 15) is 8.78 Å². The number of hydrogen-bond donors (Lipinski definition) is 1. The second-order valence-electron chi connectivity index (χ2n) is 3.20. The number of benzene rings is 1. The van der Waals surface area contributed by atoms with E-state index in [1.807, 2.05) is 0 Å². The Morgan fingerprint density at radius 3 is 2.67 bits per heavy atom. The predicted octanol–water partition coefficient (Wildman–Crippen LogP) is 2.53. The van der Waals surface area contributed by atoms with Gasteiger partial charge in [-0.2, -0.15) is 0 Å². The molecular weight excluding hydrogens is 224 g/mol. The van der Waals surface area contributed by atoms with Gasteiger partial charge < -0.3 is 10.0 Å². The summed E-state index contributed by atoms with van der Waals surface area (Å²) in [6, 6.07) is 4.80. The Hall–Kier alpha value is -0.870. The average Bonchev–Trinajstić information content (AvgIpc) is 2.16. The molecule has 0 saturated heterocycles. The van der Waals surface area contributed by atoms with E-state index in [4.69, 9.17) is 16.7 Å². The van der Waals surface area contributed by atoms with Crippen molar-refractivity contribution in [2.45, 2.75) is 13.0 Å². The lowest BCUT2D eigenvalue weighted by molar-refractivity contribution is 0.156. The van der Waals surface area contributed by atoms with Crippen LogP contribution in [0.25, 0.3) is 0 Å². The van der Waals surface area contributed by atoms with Gasteiger partial charge in [-0.05, 0) is 18.2 Å². The van der Waals surface area contributed by atoms with Crippen LogP contribution >= 0.6 is 11.6 Å². The zero-order valence-corrected chi connectivity index (χ0v) is 9.01. The molecule has 2 nitrogen and oxygen atoms in total. The number of hydrogen-bond acceptors (Lipinski definition) is 2. The van der Waals surface area contributed by atoms with Gasteiger partial charge in [0, 0.05) is 23.3 Å². The largest absolute Gasteiger partial charge is 0.392 e. The van der Waals surface area contributed by atoms with Crippen LogP contribution in [0.3, 0.4) is 0 Å². The summed E-state index contributed by atoms with van der Waals surface area (Å²) in [4.78, 5) is 1.40. The van der Waals surface area contributed by atoms with Crippen molar-refractivity contribution >= 4 is 17.3 Å². The van der Waals surface area contributed by atoms with Gasteiger partial charge in [0.25, 0.3) is 6.43 Å². The van der Waals surface area contributed by atoms with E-state index >= 15 is 0 Å². The summed E-state index contributed by atoms with van der Waals surface area (Å²) in [6.07, 6.45) is -2.41. The van der Waals surface area contributed by atoms with E-state index in [-0.39, 0.29) is 13.2 Å². The second kappa shape index (κ2) is 5.28. The Kier molecular flexibility index (Phi) is 4.29. The first-order valence-corrected chi connectivity index (χ1v) is 4.81. The first-order chi connectivity index (χ1) is 7.04. The minimum Gasteiger partial charge on any atom is -0.392 e. The number of rotatable bonds is 4. The highest BCUT2D eigenvalue weighted by Crippen LogP contribution is 2.24. The van der Waals surface area contributed by atoms with Crippen LogP contribution in [-0.4, -0.2) is 25.1 Å². The Bertz CT molecular complexity index is 333. The number of aliphatic hydroxyl groups is 1. The fraction of sp³-hybridized carbons (Fsp3) is 0.400. The topological polar surface area (TPSA) is 23.5 Å². The summed E-state index contributed by atoms with van der Waals surface area (Å²) in [5.41, 5.74) is 1.12. The molecule has 0 aliphatic carbocycles. The lowest BCUT2D eigenvalue weighted by Crippen LogP contribution is -2.25. The van der Waals surface area contributed by atoms with Crippen LogP contribution < -0.4 is 4.90 Å². The molecule has 84 valence electrons. The molecule has 0 amide bonds. The van der Waals surface area contributed by atoms with Gasteiger partial charge in [0.2, 0.25) is 0 Å². The Morgan fingerprint density at radius 1 is 1.47 bits per heavy atom. The van der Waals surface area contributed by atoms with Crippen LogP contribution in [0, 0.1) is 0 Å². The van der Waals surface area contributed by atoms with E-state index in [0.717, 1.165) is 0 Å². The highest BCUT2D eigenvalue weighted by molar-refractivity contribution is 6.30. The lowest BCUT2D eigenvalue weighted by atomic mass is 10.1. The summed E-state index contributed by atoms with van der Waals surface area (Å²) in [7, 11) is 1.55. The number of nitrogens with zero attached hydrogens (tertiary/aromatic N) is 1. The van der Waals surface area contributed by atoms with Gasteiger partial charge in [-0.15, -0.1) is 0 Å². The average molecular weight is 236 g/mol. The molecular formula is C10H12ClF2NO. The zero-order valence-electron chi connectivity index (χ0n) is 8.25. The van der Waals surface area contributed by atoms with Crippen molar-refractivity contribution in [3.63, 3.8) is 0 Å². The van der Waals surface area contributed by atoms with Crippen LogP contribution in [0.1, 0.15) is 5.56 Å². The maximum atomic E-state index is 12.2. The highest BCUT2D eigenvalue weighted by atomic mass is 35.5. The molecule has 0 unspecified atom stereocenters. The number of halogens is 3. The minimum absolute atomic E-state index is 0.219. The van der Waals surface area contributed by atoms with Gasteiger partial charge in [0.15, 0.2) is 0 Å². The lowest BCUT2D eigenvalue weighted by Gasteiger charge is -2.21. The van der Waals surface area contributed by atoms with Gasteiger partial charge in [-0.1, -0.05) is 11.6 Å². The fourth-order valence-electron chi connectivity index (χ4n) is 1.36.